The van der Waals surface area contributed by atoms with Crippen LogP contribution in [0.3, 0.4) is 0 Å². The minimum absolute atomic E-state index is 0.00383. The maximum absolute atomic E-state index is 12.1. The van der Waals surface area contributed by atoms with Crippen LogP contribution in [0, 0.1) is 10.1 Å². The maximum atomic E-state index is 12.1. The molecule has 11 nitrogen and oxygen atoms in total. The van der Waals surface area contributed by atoms with E-state index in [1.54, 1.807) is 29.1 Å². The molecule has 1 amide bonds. The quantitative estimate of drug-likeness (QED) is 0.102. The zero-order chi connectivity index (χ0) is 23.6. The predicted octanol–water partition coefficient (Wildman–Crippen LogP) is 2.73. The van der Waals surface area contributed by atoms with Gasteiger partial charge in [-0.2, -0.15) is 5.10 Å². The Bertz CT molecular complexity index is 1130. The summed E-state index contributed by atoms with van der Waals surface area (Å²) in [6.07, 6.45) is 6.60. The number of anilines is 1. The van der Waals surface area contributed by atoms with Crippen molar-refractivity contribution < 1.29 is 14.5 Å². The molecule has 0 aliphatic carbocycles. The smallest absolute Gasteiger partial charge is 0.269 e. The van der Waals surface area contributed by atoms with Gasteiger partial charge in [0.1, 0.15) is 5.82 Å². The van der Waals surface area contributed by atoms with Gasteiger partial charge in [-0.15, -0.1) is 0 Å². The second-order valence-electron chi connectivity index (χ2n) is 6.76. The van der Waals surface area contributed by atoms with E-state index in [0.717, 1.165) is 5.39 Å². The van der Waals surface area contributed by atoms with Gasteiger partial charge in [0, 0.05) is 37.9 Å². The summed E-state index contributed by atoms with van der Waals surface area (Å²) < 4.78 is 7.09. The lowest BCUT2D eigenvalue weighted by molar-refractivity contribution is -0.384. The molecular weight excluding hydrogens is 446 g/mol. The number of hydrogen-bond acceptors (Lipinski definition) is 9. The van der Waals surface area contributed by atoms with Gasteiger partial charge >= 0.3 is 0 Å². The number of nitro benzene ring substituents is 1. The molecule has 2 aromatic heterocycles. The number of nitro groups is 1. The highest BCUT2D eigenvalue weighted by Gasteiger charge is 2.13. The maximum Gasteiger partial charge on any atom is 0.269 e. The Hall–Kier alpha value is -3.51. The number of benzene rings is 1. The van der Waals surface area contributed by atoms with Crippen molar-refractivity contribution in [3.63, 3.8) is 0 Å². The van der Waals surface area contributed by atoms with Gasteiger partial charge in [-0.25, -0.2) is 14.6 Å². The number of carbonyl (C=O) groups excluding carboxylic acids is 1. The third kappa shape index (κ3) is 6.73. The predicted molar refractivity (Wildman–Crippen MR) is 127 cm³/mol. The number of carbonyl (C=O) groups is 1. The molecule has 1 aromatic carbocycles. The summed E-state index contributed by atoms with van der Waals surface area (Å²) in [7, 11) is 0. The van der Waals surface area contributed by atoms with Crippen LogP contribution < -0.4 is 10.6 Å². The van der Waals surface area contributed by atoms with Gasteiger partial charge in [-0.05, 0) is 37.0 Å². The lowest BCUT2D eigenvalue weighted by Crippen LogP contribution is -2.25. The van der Waals surface area contributed by atoms with E-state index in [1.807, 2.05) is 13.2 Å². The summed E-state index contributed by atoms with van der Waals surface area (Å²) in [6, 6.07) is 5.96. The first-order valence-corrected chi connectivity index (χ1v) is 11.5. The molecule has 0 radical (unpaired) electrons. The monoisotopic (exact) mass is 471 g/mol. The largest absolute Gasteiger partial charge is 0.380 e. The molecule has 0 saturated heterocycles. The van der Waals surface area contributed by atoms with Crippen LogP contribution in [-0.2, 0) is 16.1 Å². The Morgan fingerprint density at radius 3 is 2.76 bits per heavy atom. The molecule has 0 aliphatic rings. The van der Waals surface area contributed by atoms with Crippen molar-refractivity contribution in [3.8, 4) is 0 Å². The Balaban J connectivity index is 1.59. The van der Waals surface area contributed by atoms with Gasteiger partial charge in [0.05, 0.1) is 29.7 Å². The van der Waals surface area contributed by atoms with E-state index in [1.165, 1.54) is 30.0 Å². The zero-order valence-corrected chi connectivity index (χ0v) is 19.2. The number of nitrogens with zero attached hydrogens (tertiary/aromatic N) is 5. The molecule has 3 rings (SSSR count). The normalized spacial score (nSPS) is 11.2. The number of hydrogen-bond donors (Lipinski definition) is 2. The van der Waals surface area contributed by atoms with Gasteiger partial charge in [0.15, 0.2) is 10.8 Å². The van der Waals surface area contributed by atoms with Crippen LogP contribution in [0.4, 0.5) is 11.5 Å². The van der Waals surface area contributed by atoms with Crippen molar-refractivity contribution in [1.82, 2.24) is 25.1 Å². The molecule has 0 atom stereocenters. The summed E-state index contributed by atoms with van der Waals surface area (Å²) in [6.45, 7) is 4.59. The van der Waals surface area contributed by atoms with Crippen LogP contribution in [-0.4, -0.2) is 63.1 Å². The van der Waals surface area contributed by atoms with Gasteiger partial charge < -0.3 is 15.4 Å². The first kappa shape index (κ1) is 24.1. The van der Waals surface area contributed by atoms with Gasteiger partial charge in [0.2, 0.25) is 5.91 Å². The minimum atomic E-state index is -0.466. The molecule has 174 valence electrons. The molecule has 0 aliphatic heterocycles. The van der Waals surface area contributed by atoms with E-state index >= 15 is 0 Å². The second-order valence-corrected chi connectivity index (χ2v) is 7.53. The molecule has 0 bridgehead atoms. The molecule has 0 unspecified atom stereocenters. The zero-order valence-electron chi connectivity index (χ0n) is 18.4. The highest BCUT2D eigenvalue weighted by Crippen LogP contribution is 2.23. The fourth-order valence-electron chi connectivity index (χ4n) is 2.93. The Kier molecular flexibility index (Phi) is 8.72. The third-order valence-electron chi connectivity index (χ3n) is 4.56. The highest BCUT2D eigenvalue weighted by atomic mass is 32.2. The van der Waals surface area contributed by atoms with E-state index in [4.69, 9.17) is 4.74 Å². The van der Waals surface area contributed by atoms with E-state index in [9.17, 15) is 14.9 Å². The Morgan fingerprint density at radius 2 is 2.06 bits per heavy atom. The fourth-order valence-corrected chi connectivity index (χ4v) is 3.29. The third-order valence-corrected chi connectivity index (χ3v) is 5.10. The molecule has 0 fully saturated rings. The van der Waals surface area contributed by atoms with Crippen LogP contribution in [0.1, 0.15) is 12.5 Å². The van der Waals surface area contributed by atoms with Gasteiger partial charge in [-0.1, -0.05) is 11.8 Å². The van der Waals surface area contributed by atoms with Crippen LogP contribution >= 0.6 is 11.8 Å². The fraction of sp³-hybridized carbons (Fsp3) is 0.333. The minimum Gasteiger partial charge on any atom is -0.380 e. The average molecular weight is 472 g/mol. The molecule has 2 heterocycles. The Labute approximate surface area is 194 Å². The summed E-state index contributed by atoms with van der Waals surface area (Å²) >= 11 is 1.44. The number of thioether (sulfide) groups is 1. The van der Waals surface area contributed by atoms with E-state index in [0.29, 0.717) is 55.0 Å². The van der Waals surface area contributed by atoms with Gasteiger partial charge in [0.25, 0.3) is 5.69 Å². The van der Waals surface area contributed by atoms with Crippen LogP contribution in [0.2, 0.25) is 0 Å². The van der Waals surface area contributed by atoms with Crippen molar-refractivity contribution >= 4 is 46.3 Å². The number of ether oxygens (including phenoxy) is 1. The number of aromatic nitrogens is 4. The summed E-state index contributed by atoms with van der Waals surface area (Å²) in [5, 5.41) is 22.6. The molecule has 0 spiro atoms. The molecule has 0 saturated carbocycles. The molecule has 33 heavy (non-hydrogen) atoms. The van der Waals surface area contributed by atoms with E-state index in [2.05, 4.69) is 25.7 Å². The topological polar surface area (TPSA) is 137 Å². The van der Waals surface area contributed by atoms with E-state index < -0.39 is 4.92 Å². The molecule has 2 N–H and O–H groups in total. The number of rotatable bonds is 12. The second kappa shape index (κ2) is 11.9. The SMILES string of the molecule is CCOCCNc1nc(SC)nc2c1cnn2CCNC(=O)/C=C\c1ccc([N+](=O)[O-])cc1. The number of non-ortho nitro benzene ring substituents is 1. The number of nitrogens with one attached hydrogen (secondary N) is 2. The first-order chi connectivity index (χ1) is 16.0. The number of amides is 1. The van der Waals surface area contributed by atoms with Gasteiger partial charge in [-0.3, -0.25) is 14.9 Å². The number of fused-ring (bicyclic) bond motifs is 1. The summed E-state index contributed by atoms with van der Waals surface area (Å²) in [4.78, 5) is 31.4. The molecule has 12 heteroatoms. The first-order valence-electron chi connectivity index (χ1n) is 10.3. The Morgan fingerprint density at radius 1 is 1.27 bits per heavy atom. The van der Waals surface area contributed by atoms with Crippen LogP contribution in [0.25, 0.3) is 17.1 Å². The average Bonchev–Trinajstić information content (AvgIpc) is 3.23. The lowest BCUT2D eigenvalue weighted by atomic mass is 10.2. The van der Waals surface area contributed by atoms with Crippen molar-refractivity contribution in [2.45, 2.75) is 18.6 Å². The summed E-state index contributed by atoms with van der Waals surface area (Å²) in [5.41, 5.74) is 1.38. The molecular formula is C21H25N7O4S. The van der Waals surface area contributed by atoms with Crippen LogP contribution in [0.5, 0.6) is 0 Å². The van der Waals surface area contributed by atoms with Crippen molar-refractivity contribution in [1.29, 1.82) is 0 Å². The van der Waals surface area contributed by atoms with Crippen molar-refractivity contribution in [3.05, 3.63) is 52.2 Å². The van der Waals surface area contributed by atoms with E-state index in [-0.39, 0.29) is 11.6 Å². The van der Waals surface area contributed by atoms with Crippen molar-refractivity contribution in [2.24, 2.45) is 0 Å². The van der Waals surface area contributed by atoms with Crippen molar-refractivity contribution in [2.75, 3.05) is 37.9 Å². The lowest BCUT2D eigenvalue weighted by Gasteiger charge is -2.09. The molecule has 3 aromatic rings. The highest BCUT2D eigenvalue weighted by molar-refractivity contribution is 7.98. The standard InChI is InChI=1S/C21H25N7O4S/c1-3-32-13-11-23-19-17-14-24-27(20(17)26-21(25-19)33-2)12-10-22-18(29)9-6-15-4-7-16(8-5-15)28(30)31/h4-9,14H,3,10-13H2,1-2H3,(H,22,29)(H,23,25,26)/b9-6-. The van der Waals surface area contributed by atoms with Crippen LogP contribution in [0.15, 0.2) is 41.7 Å². The summed E-state index contributed by atoms with van der Waals surface area (Å²) in [5.74, 6) is 0.424.